The van der Waals surface area contributed by atoms with E-state index in [9.17, 15) is 14.4 Å². The van der Waals surface area contributed by atoms with Gasteiger partial charge in [0.15, 0.2) is 11.6 Å². The van der Waals surface area contributed by atoms with E-state index >= 15 is 0 Å². The number of carbonyl (C=O) groups excluding carboxylic acids is 3. The molecule has 0 bridgehead atoms. The normalized spacial score (nSPS) is 12.6. The van der Waals surface area contributed by atoms with Crippen molar-refractivity contribution < 1.29 is 19.1 Å². The van der Waals surface area contributed by atoms with Gasteiger partial charge in [-0.2, -0.15) is 12.6 Å². The van der Waals surface area contributed by atoms with Gasteiger partial charge in [0.25, 0.3) is 0 Å². The van der Waals surface area contributed by atoms with Crippen LogP contribution in [-0.4, -0.2) is 23.3 Å². The number of fused-ring (bicyclic) bond motifs is 2. The fraction of sp³-hybridized carbons (Fsp3) is 0.0625. The molecule has 5 heteroatoms. The fourth-order valence-electron chi connectivity index (χ4n) is 2.31. The Bertz CT molecular complexity index is 780. The summed E-state index contributed by atoms with van der Waals surface area (Å²) in [5.41, 5.74) is 1.34. The maximum atomic E-state index is 12.5. The molecule has 0 aromatic heterocycles. The van der Waals surface area contributed by atoms with Crippen molar-refractivity contribution >= 4 is 30.2 Å². The lowest BCUT2D eigenvalue weighted by Gasteiger charge is -2.17. The summed E-state index contributed by atoms with van der Waals surface area (Å²) in [7, 11) is 0. The molecule has 0 spiro atoms. The Morgan fingerprint density at radius 3 is 2.10 bits per heavy atom. The molecule has 4 nitrogen and oxygen atoms in total. The van der Waals surface area contributed by atoms with Crippen LogP contribution in [0.1, 0.15) is 31.8 Å². The van der Waals surface area contributed by atoms with Gasteiger partial charge in [-0.05, 0) is 18.2 Å². The molecular formula is C16H10O4S. The number of benzene rings is 2. The van der Waals surface area contributed by atoms with Crippen molar-refractivity contribution in [3.63, 3.8) is 0 Å². The number of hydrogen-bond donors (Lipinski definition) is 1. The second kappa shape index (κ2) is 5.18. The van der Waals surface area contributed by atoms with Gasteiger partial charge in [0.2, 0.25) is 0 Å². The lowest BCUT2D eigenvalue weighted by Crippen LogP contribution is -2.21. The average molecular weight is 298 g/mol. The van der Waals surface area contributed by atoms with E-state index in [4.69, 9.17) is 4.74 Å². The van der Waals surface area contributed by atoms with Crippen LogP contribution in [-0.2, 0) is 4.79 Å². The van der Waals surface area contributed by atoms with Gasteiger partial charge in [0, 0.05) is 22.3 Å². The third-order valence-electron chi connectivity index (χ3n) is 3.26. The Labute approximate surface area is 126 Å². The molecule has 0 radical (unpaired) electrons. The van der Waals surface area contributed by atoms with Crippen LogP contribution in [0.2, 0.25) is 0 Å². The van der Waals surface area contributed by atoms with Crippen molar-refractivity contribution in [2.24, 2.45) is 0 Å². The first-order valence-electron chi connectivity index (χ1n) is 6.26. The number of ether oxygens (including phenoxy) is 1. The molecule has 2 aromatic carbocycles. The maximum absolute atomic E-state index is 12.5. The van der Waals surface area contributed by atoms with Crippen molar-refractivity contribution in [1.29, 1.82) is 0 Å². The predicted molar refractivity (Wildman–Crippen MR) is 79.2 cm³/mol. The summed E-state index contributed by atoms with van der Waals surface area (Å²) in [5, 5.41) is 0. The van der Waals surface area contributed by atoms with Crippen LogP contribution in [0.25, 0.3) is 0 Å². The Kier molecular flexibility index (Phi) is 3.35. The van der Waals surface area contributed by atoms with Gasteiger partial charge in [-0.15, -0.1) is 0 Å². The summed E-state index contributed by atoms with van der Waals surface area (Å²) in [4.78, 5) is 36.1. The van der Waals surface area contributed by atoms with Gasteiger partial charge >= 0.3 is 5.97 Å². The highest BCUT2D eigenvalue weighted by atomic mass is 32.1. The van der Waals surface area contributed by atoms with Gasteiger partial charge in [0.05, 0.1) is 5.75 Å². The average Bonchev–Trinajstić information content (AvgIpc) is 2.52. The standard InChI is InChI=1S/C16H10O4S/c17-14(8-21)20-9-5-6-12-13(7-9)16(19)11-4-2-1-3-10(11)15(12)18/h1-7,21H,8H2. The molecular weight excluding hydrogens is 288 g/mol. The topological polar surface area (TPSA) is 60.4 Å². The monoisotopic (exact) mass is 298 g/mol. The molecule has 3 rings (SSSR count). The number of ketones is 2. The van der Waals surface area contributed by atoms with E-state index in [2.05, 4.69) is 12.6 Å². The van der Waals surface area contributed by atoms with Crippen molar-refractivity contribution in [3.8, 4) is 5.75 Å². The molecule has 1 aliphatic carbocycles. The molecule has 0 saturated heterocycles. The quantitative estimate of drug-likeness (QED) is 0.448. The predicted octanol–water partition coefficient (Wildman–Crippen LogP) is 2.30. The second-order valence-corrected chi connectivity index (χ2v) is 4.86. The minimum Gasteiger partial charge on any atom is -0.426 e. The molecule has 104 valence electrons. The SMILES string of the molecule is O=C(CS)Oc1ccc2c(c1)C(=O)c1ccccc1C2=O. The first kappa shape index (κ1) is 13.6. The highest BCUT2D eigenvalue weighted by Crippen LogP contribution is 2.29. The zero-order chi connectivity index (χ0) is 15.0. The number of esters is 1. The van der Waals surface area contributed by atoms with Gasteiger partial charge in [-0.1, -0.05) is 24.3 Å². The van der Waals surface area contributed by atoms with E-state index in [0.717, 1.165) is 0 Å². The molecule has 2 aromatic rings. The van der Waals surface area contributed by atoms with E-state index in [0.29, 0.717) is 16.7 Å². The van der Waals surface area contributed by atoms with Crippen LogP contribution in [0.3, 0.4) is 0 Å². The zero-order valence-corrected chi connectivity index (χ0v) is 11.7. The number of hydrogen-bond acceptors (Lipinski definition) is 5. The molecule has 0 saturated carbocycles. The van der Waals surface area contributed by atoms with Crippen molar-refractivity contribution in [3.05, 3.63) is 64.7 Å². The summed E-state index contributed by atoms with van der Waals surface area (Å²) in [5.74, 6) is -0.801. The lowest BCUT2D eigenvalue weighted by molar-refractivity contribution is -0.131. The minimum absolute atomic E-state index is 0.0627. The Morgan fingerprint density at radius 2 is 1.48 bits per heavy atom. The van der Waals surface area contributed by atoms with Gasteiger partial charge in [-0.3, -0.25) is 14.4 Å². The molecule has 21 heavy (non-hydrogen) atoms. The highest BCUT2D eigenvalue weighted by molar-refractivity contribution is 7.81. The Morgan fingerprint density at radius 1 is 0.905 bits per heavy atom. The highest BCUT2D eigenvalue weighted by Gasteiger charge is 2.29. The van der Waals surface area contributed by atoms with Crippen LogP contribution in [0.4, 0.5) is 0 Å². The van der Waals surface area contributed by atoms with Gasteiger partial charge in [0.1, 0.15) is 5.75 Å². The molecule has 0 unspecified atom stereocenters. The van der Waals surface area contributed by atoms with Crippen LogP contribution >= 0.6 is 12.6 Å². The van der Waals surface area contributed by atoms with E-state index in [1.54, 1.807) is 24.3 Å². The first-order chi connectivity index (χ1) is 10.1. The molecule has 1 aliphatic rings. The molecule has 0 atom stereocenters. The van der Waals surface area contributed by atoms with E-state index in [1.165, 1.54) is 18.2 Å². The lowest BCUT2D eigenvalue weighted by atomic mass is 9.84. The summed E-state index contributed by atoms with van der Waals surface area (Å²) >= 11 is 3.82. The van der Waals surface area contributed by atoms with Crippen molar-refractivity contribution in [1.82, 2.24) is 0 Å². The molecule has 0 fully saturated rings. The molecule has 0 aliphatic heterocycles. The first-order valence-corrected chi connectivity index (χ1v) is 6.89. The fourth-order valence-corrected chi connectivity index (χ4v) is 2.37. The van der Waals surface area contributed by atoms with Crippen LogP contribution < -0.4 is 4.74 Å². The van der Waals surface area contributed by atoms with Gasteiger partial charge < -0.3 is 4.74 Å². The molecule has 0 N–H and O–H groups in total. The summed E-state index contributed by atoms with van der Waals surface area (Å²) in [6.07, 6.45) is 0. The van der Waals surface area contributed by atoms with Crippen LogP contribution in [0.5, 0.6) is 5.75 Å². The number of carbonyl (C=O) groups is 3. The number of rotatable bonds is 2. The summed E-state index contributed by atoms with van der Waals surface area (Å²) < 4.78 is 5.02. The Balaban J connectivity index is 2.09. The Hall–Kier alpha value is -2.40. The smallest absolute Gasteiger partial charge is 0.321 e. The summed E-state index contributed by atoms with van der Waals surface area (Å²) in [6.45, 7) is 0. The third kappa shape index (κ3) is 2.25. The van der Waals surface area contributed by atoms with Crippen molar-refractivity contribution in [2.75, 3.05) is 5.75 Å². The van der Waals surface area contributed by atoms with Crippen molar-refractivity contribution in [2.45, 2.75) is 0 Å². The van der Waals surface area contributed by atoms with Crippen LogP contribution in [0, 0.1) is 0 Å². The summed E-state index contributed by atoms with van der Waals surface area (Å²) in [6, 6.07) is 11.1. The molecule has 0 heterocycles. The zero-order valence-electron chi connectivity index (χ0n) is 10.8. The maximum Gasteiger partial charge on any atom is 0.321 e. The van der Waals surface area contributed by atoms with Crippen LogP contribution in [0.15, 0.2) is 42.5 Å². The van der Waals surface area contributed by atoms with E-state index in [-0.39, 0.29) is 28.6 Å². The molecule has 0 amide bonds. The second-order valence-electron chi connectivity index (χ2n) is 4.54. The largest absolute Gasteiger partial charge is 0.426 e. The number of thiol groups is 1. The third-order valence-corrected chi connectivity index (χ3v) is 3.52. The van der Waals surface area contributed by atoms with Gasteiger partial charge in [-0.25, -0.2) is 0 Å². The minimum atomic E-state index is -0.520. The van der Waals surface area contributed by atoms with E-state index in [1.807, 2.05) is 0 Å². The van der Waals surface area contributed by atoms with E-state index < -0.39 is 5.97 Å².